The first-order valence-corrected chi connectivity index (χ1v) is 12.2. The lowest BCUT2D eigenvalue weighted by Gasteiger charge is -2.30. The van der Waals surface area contributed by atoms with E-state index in [2.05, 4.69) is 10.3 Å². The maximum absolute atomic E-state index is 13.6. The Hall–Kier alpha value is -3.55. The molecule has 2 aromatic carbocycles. The second kappa shape index (κ2) is 11.0. The number of halogens is 1. The Morgan fingerprint density at radius 1 is 1.11 bits per heavy atom. The van der Waals surface area contributed by atoms with Crippen molar-refractivity contribution in [2.45, 2.75) is 32.4 Å². The molecule has 36 heavy (non-hydrogen) atoms. The number of carbonyl (C=O) groups is 3. The van der Waals surface area contributed by atoms with Crippen LogP contribution in [-0.2, 0) is 17.8 Å². The minimum absolute atomic E-state index is 0.00666. The standard InChI is InChI=1S/C28H29ClN4O3/c1-18-4-11-26(30-16-18)31-27(35)20-7-5-19(6-8-20)17-33-24(12-13-32(2)3)25(34)15-21-14-22(29)9-10-23(21)28(33)36/h4-11,14,16,24H,12-13,15,17H2,1-3H3,(H,30,31,35)/t24-/m1/s1. The number of amides is 2. The Kier molecular flexibility index (Phi) is 7.82. The molecule has 7 nitrogen and oxygen atoms in total. The summed E-state index contributed by atoms with van der Waals surface area (Å²) in [6, 6.07) is 15.2. The van der Waals surface area contributed by atoms with Gasteiger partial charge < -0.3 is 15.1 Å². The Labute approximate surface area is 216 Å². The van der Waals surface area contributed by atoms with Crippen molar-refractivity contribution in [1.29, 1.82) is 0 Å². The first-order valence-electron chi connectivity index (χ1n) is 11.8. The number of aryl methyl sites for hydroxylation is 1. The number of carbonyl (C=O) groups excluding carboxylic acids is 3. The molecule has 0 bridgehead atoms. The molecule has 0 unspecified atom stereocenters. The molecule has 1 N–H and O–H groups in total. The van der Waals surface area contributed by atoms with Crippen molar-refractivity contribution in [3.05, 3.63) is 93.6 Å². The van der Waals surface area contributed by atoms with Gasteiger partial charge in [-0.2, -0.15) is 0 Å². The molecule has 186 valence electrons. The molecule has 0 saturated carbocycles. The summed E-state index contributed by atoms with van der Waals surface area (Å²) in [6.45, 7) is 2.86. The van der Waals surface area contributed by atoms with Crippen LogP contribution in [0.25, 0.3) is 0 Å². The zero-order valence-corrected chi connectivity index (χ0v) is 21.4. The van der Waals surface area contributed by atoms with E-state index in [-0.39, 0.29) is 30.6 Å². The summed E-state index contributed by atoms with van der Waals surface area (Å²) in [6.07, 6.45) is 2.39. The zero-order valence-electron chi connectivity index (χ0n) is 20.6. The lowest BCUT2D eigenvalue weighted by atomic mass is 10.0. The van der Waals surface area contributed by atoms with Gasteiger partial charge in [-0.05, 0) is 87.1 Å². The first-order chi connectivity index (χ1) is 17.2. The van der Waals surface area contributed by atoms with Gasteiger partial charge in [-0.15, -0.1) is 0 Å². The SMILES string of the molecule is Cc1ccc(NC(=O)c2ccc(CN3C(=O)c4ccc(Cl)cc4CC(=O)[C@H]3CCN(C)C)cc2)nc1. The van der Waals surface area contributed by atoms with Crippen LogP contribution in [0.4, 0.5) is 5.82 Å². The fourth-order valence-corrected chi connectivity index (χ4v) is 4.46. The molecule has 2 heterocycles. The van der Waals surface area contributed by atoms with Crippen molar-refractivity contribution in [2.75, 3.05) is 26.0 Å². The average molecular weight is 505 g/mol. The minimum atomic E-state index is -0.554. The molecular formula is C28H29ClN4O3. The largest absolute Gasteiger partial charge is 0.324 e. The lowest BCUT2D eigenvalue weighted by Crippen LogP contribution is -2.44. The van der Waals surface area contributed by atoms with E-state index in [0.29, 0.717) is 40.5 Å². The highest BCUT2D eigenvalue weighted by atomic mass is 35.5. The van der Waals surface area contributed by atoms with Gasteiger partial charge in [-0.3, -0.25) is 14.4 Å². The van der Waals surface area contributed by atoms with Crippen LogP contribution in [-0.4, -0.2) is 59.1 Å². The van der Waals surface area contributed by atoms with E-state index in [1.807, 2.05) is 44.1 Å². The molecule has 0 aliphatic carbocycles. The Balaban J connectivity index is 1.56. The molecule has 2 amide bonds. The third-order valence-corrected chi connectivity index (χ3v) is 6.48. The molecular weight excluding hydrogens is 476 g/mol. The number of rotatable bonds is 7. The van der Waals surface area contributed by atoms with Crippen LogP contribution in [0.1, 0.15) is 43.8 Å². The highest BCUT2D eigenvalue weighted by molar-refractivity contribution is 6.30. The Morgan fingerprint density at radius 2 is 1.86 bits per heavy atom. The number of pyridine rings is 1. The van der Waals surface area contributed by atoms with Crippen LogP contribution in [0, 0.1) is 6.92 Å². The van der Waals surface area contributed by atoms with Gasteiger partial charge in [0, 0.05) is 35.3 Å². The van der Waals surface area contributed by atoms with Crippen molar-refractivity contribution in [2.24, 2.45) is 0 Å². The van der Waals surface area contributed by atoms with Gasteiger partial charge >= 0.3 is 0 Å². The number of benzene rings is 2. The number of hydrogen-bond donors (Lipinski definition) is 1. The predicted molar refractivity (Wildman–Crippen MR) is 140 cm³/mol. The number of ketones is 1. The quantitative estimate of drug-likeness (QED) is 0.516. The van der Waals surface area contributed by atoms with Gasteiger partial charge in [0.1, 0.15) is 5.82 Å². The zero-order chi connectivity index (χ0) is 25.8. The summed E-state index contributed by atoms with van der Waals surface area (Å²) in [7, 11) is 3.88. The summed E-state index contributed by atoms with van der Waals surface area (Å²) in [5, 5.41) is 3.28. The maximum atomic E-state index is 13.6. The van der Waals surface area contributed by atoms with Gasteiger partial charge in [0.15, 0.2) is 5.78 Å². The van der Waals surface area contributed by atoms with Crippen molar-refractivity contribution in [3.8, 4) is 0 Å². The predicted octanol–water partition coefficient (Wildman–Crippen LogP) is 4.38. The van der Waals surface area contributed by atoms with E-state index in [1.54, 1.807) is 47.5 Å². The Bertz CT molecular complexity index is 1270. The third kappa shape index (κ3) is 5.98. The first kappa shape index (κ1) is 25.5. The fraction of sp³-hybridized carbons (Fsp3) is 0.286. The van der Waals surface area contributed by atoms with Crippen LogP contribution >= 0.6 is 11.6 Å². The van der Waals surface area contributed by atoms with Gasteiger partial charge in [-0.1, -0.05) is 29.8 Å². The second-order valence-electron chi connectivity index (χ2n) is 9.36. The third-order valence-electron chi connectivity index (χ3n) is 6.24. The van der Waals surface area contributed by atoms with Crippen molar-refractivity contribution in [1.82, 2.24) is 14.8 Å². The number of hydrogen-bond acceptors (Lipinski definition) is 5. The molecule has 1 aliphatic rings. The lowest BCUT2D eigenvalue weighted by molar-refractivity contribution is -0.123. The van der Waals surface area contributed by atoms with E-state index in [4.69, 9.17) is 11.6 Å². The summed E-state index contributed by atoms with van der Waals surface area (Å²) in [5.41, 5.74) is 3.47. The maximum Gasteiger partial charge on any atom is 0.256 e. The topological polar surface area (TPSA) is 82.6 Å². The van der Waals surface area contributed by atoms with Crippen molar-refractivity contribution >= 4 is 35.0 Å². The minimum Gasteiger partial charge on any atom is -0.324 e. The van der Waals surface area contributed by atoms with E-state index < -0.39 is 6.04 Å². The van der Waals surface area contributed by atoms with E-state index in [1.165, 1.54) is 0 Å². The van der Waals surface area contributed by atoms with Crippen LogP contribution in [0.3, 0.4) is 0 Å². The van der Waals surface area contributed by atoms with Crippen molar-refractivity contribution in [3.63, 3.8) is 0 Å². The Morgan fingerprint density at radius 3 is 2.53 bits per heavy atom. The number of nitrogens with one attached hydrogen (secondary N) is 1. The average Bonchev–Trinajstić information content (AvgIpc) is 2.93. The van der Waals surface area contributed by atoms with Crippen LogP contribution in [0.5, 0.6) is 0 Å². The smallest absolute Gasteiger partial charge is 0.256 e. The summed E-state index contributed by atoms with van der Waals surface area (Å²) >= 11 is 6.15. The molecule has 0 saturated heterocycles. The molecule has 0 spiro atoms. The monoisotopic (exact) mass is 504 g/mol. The molecule has 0 fully saturated rings. The van der Waals surface area contributed by atoms with Gasteiger partial charge in [0.05, 0.1) is 6.04 Å². The second-order valence-corrected chi connectivity index (χ2v) is 9.79. The summed E-state index contributed by atoms with van der Waals surface area (Å²) in [5.74, 6) is 0.0100. The number of anilines is 1. The van der Waals surface area contributed by atoms with Gasteiger partial charge in [0.25, 0.3) is 11.8 Å². The molecule has 4 rings (SSSR count). The number of aromatic nitrogens is 1. The number of nitrogens with zero attached hydrogens (tertiary/aromatic N) is 3. The molecule has 0 radical (unpaired) electrons. The molecule has 1 aromatic heterocycles. The van der Waals surface area contributed by atoms with Crippen LogP contribution < -0.4 is 5.32 Å². The fourth-order valence-electron chi connectivity index (χ4n) is 4.26. The highest BCUT2D eigenvalue weighted by Crippen LogP contribution is 2.27. The highest BCUT2D eigenvalue weighted by Gasteiger charge is 2.35. The van der Waals surface area contributed by atoms with Crippen LogP contribution in [0.15, 0.2) is 60.8 Å². The molecule has 8 heteroatoms. The van der Waals surface area contributed by atoms with Gasteiger partial charge in [0.2, 0.25) is 0 Å². The molecule has 3 aromatic rings. The molecule has 1 atom stereocenters. The van der Waals surface area contributed by atoms with E-state index in [0.717, 1.165) is 11.1 Å². The van der Waals surface area contributed by atoms with Crippen LogP contribution in [0.2, 0.25) is 5.02 Å². The van der Waals surface area contributed by atoms with E-state index >= 15 is 0 Å². The summed E-state index contributed by atoms with van der Waals surface area (Å²) < 4.78 is 0. The molecule has 1 aliphatic heterocycles. The van der Waals surface area contributed by atoms with Gasteiger partial charge in [-0.25, -0.2) is 4.98 Å². The van der Waals surface area contributed by atoms with E-state index in [9.17, 15) is 14.4 Å². The number of fused-ring (bicyclic) bond motifs is 1. The number of Topliss-reactive ketones (excluding diaryl/α,β-unsaturated/α-hetero) is 1. The summed E-state index contributed by atoms with van der Waals surface area (Å²) in [4.78, 5) is 47.4. The van der Waals surface area contributed by atoms with Crippen molar-refractivity contribution < 1.29 is 14.4 Å². The normalized spacial score (nSPS) is 15.6.